The molecule has 204 valence electrons. The molecule has 1 atom stereocenters. The number of aliphatic carboxylic acids is 1. The first-order valence-electron chi connectivity index (χ1n) is 12.5. The fourth-order valence-electron chi connectivity index (χ4n) is 4.27. The van der Waals surface area contributed by atoms with E-state index in [0.717, 1.165) is 22.3 Å². The summed E-state index contributed by atoms with van der Waals surface area (Å²) in [6.45, 7) is 9.73. The van der Waals surface area contributed by atoms with Crippen LogP contribution in [0, 0.1) is 5.92 Å². The molecule has 38 heavy (non-hydrogen) atoms. The van der Waals surface area contributed by atoms with Crippen molar-refractivity contribution in [2.45, 2.75) is 71.1 Å². The molecule has 1 aliphatic carbocycles. The molecule has 1 unspecified atom stereocenters. The molecule has 0 aromatic heterocycles. The number of carbonyl (C=O) groups is 4. The second-order valence-electron chi connectivity index (χ2n) is 11.2. The van der Waals surface area contributed by atoms with Crippen molar-refractivity contribution in [1.29, 1.82) is 0 Å². The van der Waals surface area contributed by atoms with E-state index in [2.05, 4.69) is 5.32 Å². The van der Waals surface area contributed by atoms with Crippen molar-refractivity contribution in [3.05, 3.63) is 59.7 Å². The van der Waals surface area contributed by atoms with Gasteiger partial charge in [0.15, 0.2) is 5.92 Å². The van der Waals surface area contributed by atoms with Crippen molar-refractivity contribution >= 4 is 24.0 Å². The van der Waals surface area contributed by atoms with Crippen LogP contribution >= 0.6 is 0 Å². The van der Waals surface area contributed by atoms with E-state index in [-0.39, 0.29) is 12.5 Å². The zero-order valence-corrected chi connectivity index (χ0v) is 22.6. The quantitative estimate of drug-likeness (QED) is 0.289. The predicted molar refractivity (Wildman–Crippen MR) is 139 cm³/mol. The first-order chi connectivity index (χ1) is 17.7. The number of carbonyl (C=O) groups excluding carboxylic acids is 3. The molecule has 0 bridgehead atoms. The molecule has 3 rings (SSSR count). The lowest BCUT2D eigenvalue weighted by molar-refractivity contribution is -0.175. The number of alkyl carbamates (subject to hydrolysis) is 1. The molecule has 0 saturated heterocycles. The maximum Gasteiger partial charge on any atom is 0.407 e. The van der Waals surface area contributed by atoms with E-state index in [1.54, 1.807) is 41.5 Å². The van der Waals surface area contributed by atoms with Crippen molar-refractivity contribution in [1.82, 2.24) is 5.32 Å². The topological polar surface area (TPSA) is 128 Å². The number of carboxylic acid groups (broad SMARTS) is 1. The van der Waals surface area contributed by atoms with Crippen LogP contribution in [0.25, 0.3) is 11.1 Å². The lowest BCUT2D eigenvalue weighted by atomic mass is 9.98. The molecular weight excluding hydrogens is 490 g/mol. The Morgan fingerprint density at radius 1 is 0.816 bits per heavy atom. The smallest absolute Gasteiger partial charge is 0.407 e. The molecule has 0 aliphatic heterocycles. The van der Waals surface area contributed by atoms with E-state index >= 15 is 0 Å². The second kappa shape index (κ2) is 11.2. The van der Waals surface area contributed by atoms with Gasteiger partial charge >= 0.3 is 24.0 Å². The van der Waals surface area contributed by atoms with Gasteiger partial charge in [-0.2, -0.15) is 0 Å². The minimum atomic E-state index is -1.60. The molecule has 9 heteroatoms. The Morgan fingerprint density at radius 3 is 1.68 bits per heavy atom. The molecule has 0 radical (unpaired) electrons. The summed E-state index contributed by atoms with van der Waals surface area (Å²) in [7, 11) is 0. The SMILES string of the molecule is CC(C)(C)OC(=O)C(CC(NC(=O)OCC1c2ccccc2-c2ccccc21)C(=O)O)C(=O)OC(C)(C)C. The standard InChI is InChI=1S/C29H35NO8/c1-28(2,3)37-25(33)21(26(34)38-29(4,5)6)15-23(24(31)32)30-27(35)36-16-22-19-13-9-7-11-17(19)18-12-8-10-14-20(18)22/h7-14,21-23H,15-16H2,1-6H3,(H,30,35)(H,31,32). The Bertz CT molecular complexity index is 1130. The Morgan fingerprint density at radius 2 is 1.26 bits per heavy atom. The van der Waals surface area contributed by atoms with Gasteiger partial charge in [0.25, 0.3) is 0 Å². The van der Waals surface area contributed by atoms with E-state index < -0.39 is 53.6 Å². The van der Waals surface area contributed by atoms with Gasteiger partial charge in [0, 0.05) is 12.3 Å². The number of carboxylic acids is 1. The second-order valence-corrected chi connectivity index (χ2v) is 11.2. The fourth-order valence-corrected chi connectivity index (χ4v) is 4.27. The van der Waals surface area contributed by atoms with Crippen molar-refractivity contribution in [2.24, 2.45) is 5.92 Å². The van der Waals surface area contributed by atoms with Gasteiger partial charge in [-0.25, -0.2) is 9.59 Å². The molecule has 2 N–H and O–H groups in total. The number of hydrogen-bond donors (Lipinski definition) is 2. The van der Waals surface area contributed by atoms with Crippen molar-refractivity contribution in [3.8, 4) is 11.1 Å². The zero-order chi connectivity index (χ0) is 28.3. The average molecular weight is 526 g/mol. The number of ether oxygens (including phenoxy) is 3. The molecule has 1 aliphatic rings. The molecule has 1 amide bonds. The predicted octanol–water partition coefficient (Wildman–Crippen LogP) is 4.67. The van der Waals surface area contributed by atoms with Gasteiger partial charge in [0.2, 0.25) is 0 Å². The third-order valence-corrected chi connectivity index (χ3v) is 5.79. The Kier molecular flexibility index (Phi) is 8.49. The van der Waals surface area contributed by atoms with E-state index in [1.165, 1.54) is 0 Å². The minimum Gasteiger partial charge on any atom is -0.480 e. The van der Waals surface area contributed by atoms with Crippen LogP contribution in [0.2, 0.25) is 0 Å². The average Bonchev–Trinajstić information content (AvgIpc) is 3.11. The van der Waals surface area contributed by atoms with Gasteiger partial charge < -0.3 is 24.6 Å². The van der Waals surface area contributed by atoms with Crippen LogP contribution in [0.4, 0.5) is 4.79 Å². The first-order valence-corrected chi connectivity index (χ1v) is 12.5. The Hall–Kier alpha value is -3.88. The molecule has 0 spiro atoms. The highest BCUT2D eigenvalue weighted by Crippen LogP contribution is 2.44. The van der Waals surface area contributed by atoms with Crippen LogP contribution in [-0.4, -0.2) is 53.0 Å². The summed E-state index contributed by atoms with van der Waals surface area (Å²) in [5.74, 6) is -5.09. The van der Waals surface area contributed by atoms with Gasteiger partial charge in [-0.15, -0.1) is 0 Å². The molecule has 0 fully saturated rings. The molecule has 2 aromatic rings. The van der Waals surface area contributed by atoms with Crippen LogP contribution in [0.1, 0.15) is 65.0 Å². The third kappa shape index (κ3) is 7.34. The van der Waals surface area contributed by atoms with E-state index in [1.807, 2.05) is 48.5 Å². The van der Waals surface area contributed by atoms with Gasteiger partial charge in [0.05, 0.1) is 0 Å². The maximum absolute atomic E-state index is 12.8. The van der Waals surface area contributed by atoms with Crippen LogP contribution in [0.5, 0.6) is 0 Å². The van der Waals surface area contributed by atoms with Gasteiger partial charge in [-0.05, 0) is 63.8 Å². The van der Waals surface area contributed by atoms with Crippen molar-refractivity contribution < 1.29 is 38.5 Å². The molecule has 9 nitrogen and oxygen atoms in total. The number of nitrogens with one attached hydrogen (secondary N) is 1. The van der Waals surface area contributed by atoms with Crippen LogP contribution < -0.4 is 5.32 Å². The number of rotatable bonds is 8. The van der Waals surface area contributed by atoms with Gasteiger partial charge in [0.1, 0.15) is 23.9 Å². The van der Waals surface area contributed by atoms with E-state index in [9.17, 15) is 24.3 Å². The summed E-state index contributed by atoms with van der Waals surface area (Å²) in [5, 5.41) is 12.0. The van der Waals surface area contributed by atoms with Gasteiger partial charge in [-0.1, -0.05) is 48.5 Å². The minimum absolute atomic E-state index is 0.0201. The number of amides is 1. The summed E-state index contributed by atoms with van der Waals surface area (Å²) in [6.07, 6.45) is -1.55. The Balaban J connectivity index is 1.72. The maximum atomic E-state index is 12.8. The summed E-state index contributed by atoms with van der Waals surface area (Å²) in [6, 6.07) is 14.0. The van der Waals surface area contributed by atoms with Crippen LogP contribution in [0.3, 0.4) is 0 Å². The molecule has 2 aromatic carbocycles. The first kappa shape index (κ1) is 28.7. The highest BCUT2D eigenvalue weighted by molar-refractivity contribution is 5.96. The zero-order valence-electron chi connectivity index (χ0n) is 22.6. The van der Waals surface area contributed by atoms with E-state index in [4.69, 9.17) is 14.2 Å². The highest BCUT2D eigenvalue weighted by atomic mass is 16.6. The molecule has 0 saturated carbocycles. The normalized spacial score (nSPS) is 13.8. The van der Waals surface area contributed by atoms with Crippen molar-refractivity contribution in [2.75, 3.05) is 6.61 Å². The number of hydrogen-bond acceptors (Lipinski definition) is 7. The molecular formula is C29H35NO8. The number of benzene rings is 2. The summed E-state index contributed by atoms with van der Waals surface area (Å²) in [5.41, 5.74) is 2.28. The lowest BCUT2D eigenvalue weighted by Gasteiger charge is -2.27. The van der Waals surface area contributed by atoms with Gasteiger partial charge in [-0.3, -0.25) is 9.59 Å². The van der Waals surface area contributed by atoms with Crippen LogP contribution in [0.15, 0.2) is 48.5 Å². The largest absolute Gasteiger partial charge is 0.480 e. The monoisotopic (exact) mass is 525 g/mol. The Labute approximate surface area is 222 Å². The number of esters is 2. The summed E-state index contributed by atoms with van der Waals surface area (Å²) in [4.78, 5) is 50.3. The summed E-state index contributed by atoms with van der Waals surface area (Å²) >= 11 is 0. The molecule has 0 heterocycles. The summed E-state index contributed by atoms with van der Waals surface area (Å²) < 4.78 is 16.1. The lowest BCUT2D eigenvalue weighted by Crippen LogP contribution is -2.46. The number of fused-ring (bicyclic) bond motifs is 3. The van der Waals surface area contributed by atoms with Crippen molar-refractivity contribution in [3.63, 3.8) is 0 Å². The third-order valence-electron chi connectivity index (χ3n) is 5.79. The highest BCUT2D eigenvalue weighted by Gasteiger charge is 2.39. The fraction of sp³-hybridized carbons (Fsp3) is 0.448. The van der Waals surface area contributed by atoms with E-state index in [0.29, 0.717) is 0 Å². The van der Waals surface area contributed by atoms with Crippen LogP contribution in [-0.2, 0) is 28.6 Å².